The monoisotopic (exact) mass is 413 g/mol. The van der Waals surface area contributed by atoms with E-state index in [-0.39, 0.29) is 30.6 Å². The van der Waals surface area contributed by atoms with Crippen molar-refractivity contribution in [3.05, 3.63) is 77.2 Å². The molecule has 1 amide bonds. The maximum atomic E-state index is 12.9. The minimum atomic E-state index is -3.30. The average molecular weight is 413 g/mol. The Hall–Kier alpha value is -2.93. The largest absolute Gasteiger partial charge is 0.484 e. The van der Waals surface area contributed by atoms with Crippen molar-refractivity contribution in [1.82, 2.24) is 4.90 Å². The van der Waals surface area contributed by atoms with Gasteiger partial charge in [0.05, 0.1) is 11.8 Å². The molecule has 0 aliphatic carbocycles. The lowest BCUT2D eigenvalue weighted by Crippen LogP contribution is -2.42. The van der Waals surface area contributed by atoms with Gasteiger partial charge in [-0.05, 0) is 35.9 Å². The number of amides is 1. The Morgan fingerprint density at radius 1 is 1.07 bits per heavy atom. The highest BCUT2D eigenvalue weighted by molar-refractivity contribution is 7.94. The molecule has 6 nitrogen and oxygen atoms in total. The lowest BCUT2D eigenvalue weighted by atomic mass is 10.1. The van der Waals surface area contributed by atoms with Crippen molar-refractivity contribution in [3.63, 3.8) is 0 Å². The first-order valence-electron chi connectivity index (χ1n) is 9.38. The van der Waals surface area contributed by atoms with Gasteiger partial charge in [-0.3, -0.25) is 9.59 Å². The second kappa shape index (κ2) is 9.05. The van der Waals surface area contributed by atoms with Crippen LogP contribution in [0.25, 0.3) is 0 Å². The SMILES string of the molecule is CCC(=O)c1ccc(OCC(=O)N(Cc2ccccc2)[C@H]2C=CS(=O)(=O)C2)cc1. The summed E-state index contributed by atoms with van der Waals surface area (Å²) in [6.45, 7) is 1.86. The van der Waals surface area contributed by atoms with Gasteiger partial charge in [-0.15, -0.1) is 0 Å². The number of Topliss-reactive ketones (excluding diaryl/α,β-unsaturated/α-hetero) is 1. The first kappa shape index (κ1) is 20.8. The van der Waals surface area contributed by atoms with Crippen LogP contribution in [0.15, 0.2) is 66.1 Å². The van der Waals surface area contributed by atoms with Crippen LogP contribution < -0.4 is 4.74 Å². The van der Waals surface area contributed by atoms with Crippen LogP contribution in [-0.4, -0.2) is 43.4 Å². The van der Waals surface area contributed by atoms with Gasteiger partial charge < -0.3 is 9.64 Å². The Labute approximate surface area is 170 Å². The molecule has 7 heteroatoms. The Balaban J connectivity index is 1.69. The normalized spacial score (nSPS) is 17.1. The molecule has 3 rings (SSSR count). The highest BCUT2D eigenvalue weighted by Gasteiger charge is 2.30. The maximum Gasteiger partial charge on any atom is 0.261 e. The zero-order chi connectivity index (χ0) is 20.9. The molecule has 0 spiro atoms. The fourth-order valence-corrected chi connectivity index (χ4v) is 4.39. The summed E-state index contributed by atoms with van der Waals surface area (Å²) in [6, 6.07) is 15.5. The van der Waals surface area contributed by atoms with Crippen molar-refractivity contribution in [1.29, 1.82) is 0 Å². The molecule has 0 unspecified atom stereocenters. The molecule has 152 valence electrons. The molecular weight excluding hydrogens is 390 g/mol. The summed E-state index contributed by atoms with van der Waals surface area (Å²) in [6.07, 6.45) is 1.96. The summed E-state index contributed by atoms with van der Waals surface area (Å²) >= 11 is 0. The summed E-state index contributed by atoms with van der Waals surface area (Å²) in [5.41, 5.74) is 1.50. The van der Waals surface area contributed by atoms with Gasteiger partial charge in [-0.2, -0.15) is 0 Å². The van der Waals surface area contributed by atoms with Crippen molar-refractivity contribution in [2.45, 2.75) is 25.9 Å². The molecule has 29 heavy (non-hydrogen) atoms. The smallest absolute Gasteiger partial charge is 0.261 e. The molecule has 0 N–H and O–H groups in total. The van der Waals surface area contributed by atoms with E-state index < -0.39 is 15.9 Å². The predicted molar refractivity (Wildman–Crippen MR) is 110 cm³/mol. The minimum Gasteiger partial charge on any atom is -0.484 e. The Bertz CT molecular complexity index is 997. The van der Waals surface area contributed by atoms with Crippen molar-refractivity contribution < 1.29 is 22.7 Å². The fraction of sp³-hybridized carbons (Fsp3) is 0.273. The predicted octanol–water partition coefficient (Wildman–Crippen LogP) is 3.00. The summed E-state index contributed by atoms with van der Waals surface area (Å²) < 4.78 is 29.2. The van der Waals surface area contributed by atoms with Crippen LogP contribution in [0, 0.1) is 0 Å². The molecule has 0 fully saturated rings. The van der Waals surface area contributed by atoms with Gasteiger partial charge in [0, 0.05) is 23.9 Å². The molecule has 1 aliphatic heterocycles. The average Bonchev–Trinajstić information content (AvgIpc) is 3.10. The van der Waals surface area contributed by atoms with E-state index >= 15 is 0 Å². The van der Waals surface area contributed by atoms with Crippen LogP contribution in [0.2, 0.25) is 0 Å². The molecule has 2 aromatic carbocycles. The number of carbonyl (C=O) groups excluding carboxylic acids is 2. The van der Waals surface area contributed by atoms with E-state index in [4.69, 9.17) is 4.74 Å². The molecule has 0 bridgehead atoms. The highest BCUT2D eigenvalue weighted by Crippen LogP contribution is 2.19. The Morgan fingerprint density at radius 2 is 1.76 bits per heavy atom. The topological polar surface area (TPSA) is 80.8 Å². The lowest BCUT2D eigenvalue weighted by Gasteiger charge is -2.27. The molecule has 0 saturated heterocycles. The summed E-state index contributed by atoms with van der Waals surface area (Å²) in [4.78, 5) is 26.1. The number of benzene rings is 2. The van der Waals surface area contributed by atoms with E-state index in [0.29, 0.717) is 17.7 Å². The van der Waals surface area contributed by atoms with Crippen molar-refractivity contribution in [2.75, 3.05) is 12.4 Å². The first-order valence-corrected chi connectivity index (χ1v) is 11.1. The molecule has 0 saturated carbocycles. The number of hydrogen-bond donors (Lipinski definition) is 0. The van der Waals surface area contributed by atoms with Crippen molar-refractivity contribution >= 4 is 21.5 Å². The summed E-state index contributed by atoms with van der Waals surface area (Å²) in [7, 11) is -3.30. The van der Waals surface area contributed by atoms with Gasteiger partial charge in [0.1, 0.15) is 5.75 Å². The van der Waals surface area contributed by atoms with E-state index in [0.717, 1.165) is 11.0 Å². The number of ketones is 1. The molecule has 0 aromatic heterocycles. The van der Waals surface area contributed by atoms with E-state index in [1.165, 1.54) is 4.90 Å². The Morgan fingerprint density at radius 3 is 2.34 bits per heavy atom. The number of ether oxygens (including phenoxy) is 1. The second-order valence-corrected chi connectivity index (χ2v) is 8.75. The van der Waals surface area contributed by atoms with Crippen LogP contribution in [0.5, 0.6) is 5.75 Å². The van der Waals surface area contributed by atoms with E-state index in [1.54, 1.807) is 37.3 Å². The van der Waals surface area contributed by atoms with Gasteiger partial charge in [0.2, 0.25) is 0 Å². The quantitative estimate of drug-likeness (QED) is 0.622. The molecule has 2 aromatic rings. The zero-order valence-corrected chi connectivity index (χ0v) is 17.0. The Kier molecular flexibility index (Phi) is 6.49. The number of hydrogen-bond acceptors (Lipinski definition) is 5. The second-order valence-electron chi connectivity index (χ2n) is 6.82. The number of rotatable bonds is 8. The van der Waals surface area contributed by atoms with Gasteiger partial charge in [0.15, 0.2) is 22.2 Å². The van der Waals surface area contributed by atoms with Crippen LogP contribution in [0.4, 0.5) is 0 Å². The van der Waals surface area contributed by atoms with Gasteiger partial charge in [-0.1, -0.05) is 37.3 Å². The molecular formula is C22H23NO5S. The van der Waals surface area contributed by atoms with Crippen molar-refractivity contribution in [3.8, 4) is 5.75 Å². The molecule has 1 heterocycles. The molecule has 1 aliphatic rings. The van der Waals surface area contributed by atoms with Crippen LogP contribution >= 0.6 is 0 Å². The third-order valence-electron chi connectivity index (χ3n) is 4.69. The van der Waals surface area contributed by atoms with E-state index in [2.05, 4.69) is 0 Å². The first-order chi connectivity index (χ1) is 13.9. The van der Waals surface area contributed by atoms with Crippen LogP contribution in [-0.2, 0) is 21.2 Å². The fourth-order valence-electron chi connectivity index (χ4n) is 3.09. The third kappa shape index (κ3) is 5.54. The minimum absolute atomic E-state index is 0.0379. The summed E-state index contributed by atoms with van der Waals surface area (Å²) in [5, 5.41) is 1.16. The van der Waals surface area contributed by atoms with E-state index in [9.17, 15) is 18.0 Å². The lowest BCUT2D eigenvalue weighted by molar-refractivity contribution is -0.135. The van der Waals surface area contributed by atoms with Gasteiger partial charge >= 0.3 is 0 Å². The van der Waals surface area contributed by atoms with Crippen LogP contribution in [0.3, 0.4) is 0 Å². The maximum absolute atomic E-state index is 12.9. The standard InChI is InChI=1S/C22H23NO5S/c1-2-21(24)18-8-10-20(11-9-18)28-15-22(25)23(14-17-6-4-3-5-7-17)19-12-13-29(26,27)16-19/h3-13,19H,2,14-16H2,1H3/t19-/m0/s1. The summed E-state index contributed by atoms with van der Waals surface area (Å²) in [5.74, 6) is 0.0739. The molecule has 0 radical (unpaired) electrons. The van der Waals surface area contributed by atoms with Crippen molar-refractivity contribution in [2.24, 2.45) is 0 Å². The number of carbonyl (C=O) groups is 2. The van der Waals surface area contributed by atoms with E-state index in [1.807, 2.05) is 30.3 Å². The zero-order valence-electron chi connectivity index (χ0n) is 16.2. The highest BCUT2D eigenvalue weighted by atomic mass is 32.2. The van der Waals surface area contributed by atoms with Crippen LogP contribution in [0.1, 0.15) is 29.3 Å². The third-order valence-corrected chi connectivity index (χ3v) is 6.07. The number of nitrogens with zero attached hydrogens (tertiary/aromatic N) is 1. The van der Waals surface area contributed by atoms with Gasteiger partial charge in [0.25, 0.3) is 5.91 Å². The van der Waals surface area contributed by atoms with Gasteiger partial charge in [-0.25, -0.2) is 8.42 Å². The number of sulfone groups is 1. The molecule has 1 atom stereocenters.